The van der Waals surface area contributed by atoms with Gasteiger partial charge in [0.25, 0.3) is 0 Å². The predicted molar refractivity (Wildman–Crippen MR) is 59.7 cm³/mol. The van der Waals surface area contributed by atoms with Crippen molar-refractivity contribution < 1.29 is 9.18 Å². The maximum Gasteiger partial charge on any atom is 0.150 e. The lowest BCUT2D eigenvalue weighted by molar-refractivity contribution is 0.112. The predicted octanol–water partition coefficient (Wildman–Crippen LogP) is 2.57. The molecule has 82 valence electrons. The van der Waals surface area contributed by atoms with Crippen molar-refractivity contribution in [1.82, 2.24) is 4.98 Å². The van der Waals surface area contributed by atoms with Crippen molar-refractivity contribution in [2.75, 3.05) is 0 Å². The number of aromatic nitrogens is 1. The summed E-state index contributed by atoms with van der Waals surface area (Å²) in [5.74, 6) is -0.437. The number of pyridine rings is 1. The second kappa shape index (κ2) is 4.54. The molecule has 4 heteroatoms. The van der Waals surface area contributed by atoms with Crippen LogP contribution in [0.15, 0.2) is 36.7 Å². The quantitative estimate of drug-likeness (QED) is 0.739. The molecule has 17 heavy (non-hydrogen) atoms. The van der Waals surface area contributed by atoms with Crippen LogP contribution in [-0.4, -0.2) is 11.3 Å². The highest BCUT2D eigenvalue weighted by Crippen LogP contribution is 2.23. The van der Waals surface area contributed by atoms with Gasteiger partial charge < -0.3 is 0 Å². The maximum atomic E-state index is 13.2. The molecule has 0 radical (unpaired) electrons. The Morgan fingerprint density at radius 1 is 1.29 bits per heavy atom. The Kier molecular flexibility index (Phi) is 2.93. The van der Waals surface area contributed by atoms with E-state index in [9.17, 15) is 9.18 Å². The number of carbonyl (C=O) groups is 1. The number of halogens is 1. The van der Waals surface area contributed by atoms with Crippen molar-refractivity contribution in [3.8, 4) is 17.2 Å². The number of benzene rings is 1. The zero-order valence-corrected chi connectivity index (χ0v) is 8.72. The lowest BCUT2D eigenvalue weighted by Gasteiger charge is -2.04. The molecular weight excluding hydrogens is 219 g/mol. The first-order chi connectivity index (χ1) is 8.24. The smallest absolute Gasteiger partial charge is 0.150 e. The van der Waals surface area contributed by atoms with Gasteiger partial charge in [0.1, 0.15) is 11.9 Å². The molecule has 2 rings (SSSR count). The molecule has 0 amide bonds. The summed E-state index contributed by atoms with van der Waals surface area (Å²) in [7, 11) is 0. The van der Waals surface area contributed by atoms with E-state index in [-0.39, 0.29) is 0 Å². The Bertz CT molecular complexity index is 617. The molecule has 0 saturated carbocycles. The van der Waals surface area contributed by atoms with Gasteiger partial charge in [0.15, 0.2) is 6.29 Å². The lowest BCUT2D eigenvalue weighted by atomic mass is 10.0. The van der Waals surface area contributed by atoms with E-state index in [4.69, 9.17) is 5.26 Å². The number of nitrogens with zero attached hydrogens (tertiary/aromatic N) is 2. The fourth-order valence-electron chi connectivity index (χ4n) is 1.53. The average molecular weight is 226 g/mol. The van der Waals surface area contributed by atoms with Crippen LogP contribution in [0, 0.1) is 17.1 Å². The first kappa shape index (κ1) is 11.0. The highest BCUT2D eigenvalue weighted by Gasteiger charge is 2.07. The van der Waals surface area contributed by atoms with Crippen molar-refractivity contribution in [1.29, 1.82) is 5.26 Å². The molecule has 0 atom stereocenters. The SMILES string of the molecule is N#Cc1cncc(-c2cc(F)ccc2C=O)c1. The van der Waals surface area contributed by atoms with Gasteiger partial charge in [-0.1, -0.05) is 0 Å². The molecular formula is C13H7FN2O. The maximum absolute atomic E-state index is 13.2. The summed E-state index contributed by atoms with van der Waals surface area (Å²) in [5.41, 5.74) is 1.71. The van der Waals surface area contributed by atoms with Gasteiger partial charge in [-0.25, -0.2) is 4.39 Å². The fraction of sp³-hybridized carbons (Fsp3) is 0. The minimum atomic E-state index is -0.437. The lowest BCUT2D eigenvalue weighted by Crippen LogP contribution is -1.91. The van der Waals surface area contributed by atoms with E-state index in [0.717, 1.165) is 0 Å². The van der Waals surface area contributed by atoms with Crippen LogP contribution >= 0.6 is 0 Å². The summed E-state index contributed by atoms with van der Waals surface area (Å²) in [5, 5.41) is 8.76. The minimum absolute atomic E-state index is 0.364. The molecule has 0 aliphatic rings. The van der Waals surface area contributed by atoms with Crippen LogP contribution in [0.25, 0.3) is 11.1 Å². The van der Waals surface area contributed by atoms with Crippen molar-refractivity contribution in [2.45, 2.75) is 0 Å². The van der Waals surface area contributed by atoms with Gasteiger partial charge >= 0.3 is 0 Å². The Balaban J connectivity index is 2.63. The molecule has 0 N–H and O–H groups in total. The zero-order chi connectivity index (χ0) is 12.3. The van der Waals surface area contributed by atoms with Crippen molar-refractivity contribution >= 4 is 6.29 Å². The third-order valence-corrected chi connectivity index (χ3v) is 2.32. The van der Waals surface area contributed by atoms with Crippen molar-refractivity contribution in [3.63, 3.8) is 0 Å². The summed E-state index contributed by atoms with van der Waals surface area (Å²) in [6.07, 6.45) is 3.54. The summed E-state index contributed by atoms with van der Waals surface area (Å²) in [6, 6.07) is 7.38. The Morgan fingerprint density at radius 2 is 2.12 bits per heavy atom. The average Bonchev–Trinajstić information content (AvgIpc) is 2.39. The molecule has 1 aromatic carbocycles. The number of hydrogen-bond acceptors (Lipinski definition) is 3. The second-order valence-electron chi connectivity index (χ2n) is 3.42. The highest BCUT2D eigenvalue weighted by atomic mass is 19.1. The molecule has 0 unspecified atom stereocenters. The zero-order valence-electron chi connectivity index (χ0n) is 8.72. The van der Waals surface area contributed by atoms with Gasteiger partial charge in [0.05, 0.1) is 5.56 Å². The largest absolute Gasteiger partial charge is 0.298 e. The number of aldehydes is 1. The van der Waals surface area contributed by atoms with Crippen LogP contribution in [0.4, 0.5) is 4.39 Å². The Morgan fingerprint density at radius 3 is 2.82 bits per heavy atom. The molecule has 1 heterocycles. The molecule has 3 nitrogen and oxygen atoms in total. The van der Waals surface area contributed by atoms with E-state index >= 15 is 0 Å². The number of hydrogen-bond donors (Lipinski definition) is 0. The summed E-state index contributed by atoms with van der Waals surface area (Å²) >= 11 is 0. The number of rotatable bonds is 2. The van der Waals surface area contributed by atoms with Crippen LogP contribution in [0.2, 0.25) is 0 Å². The van der Waals surface area contributed by atoms with Crippen LogP contribution in [0.3, 0.4) is 0 Å². The van der Waals surface area contributed by atoms with Crippen LogP contribution < -0.4 is 0 Å². The molecule has 0 bridgehead atoms. The third kappa shape index (κ3) is 2.18. The van der Waals surface area contributed by atoms with E-state index in [1.54, 1.807) is 6.07 Å². The third-order valence-electron chi connectivity index (χ3n) is 2.32. The molecule has 0 aliphatic heterocycles. The summed E-state index contributed by atoms with van der Waals surface area (Å²) in [4.78, 5) is 14.7. The van der Waals surface area contributed by atoms with Crippen LogP contribution in [-0.2, 0) is 0 Å². The van der Waals surface area contributed by atoms with Crippen molar-refractivity contribution in [3.05, 3.63) is 53.6 Å². The topological polar surface area (TPSA) is 53.8 Å². The minimum Gasteiger partial charge on any atom is -0.298 e. The standard InChI is InChI=1S/C13H7FN2O/c14-12-2-1-10(8-17)13(4-12)11-3-9(5-15)6-16-7-11/h1-4,6-8H. The van der Waals surface area contributed by atoms with Gasteiger partial charge in [-0.15, -0.1) is 0 Å². The first-order valence-corrected chi connectivity index (χ1v) is 4.85. The first-order valence-electron chi connectivity index (χ1n) is 4.85. The highest BCUT2D eigenvalue weighted by molar-refractivity contribution is 5.87. The van der Waals surface area contributed by atoms with E-state index < -0.39 is 5.82 Å². The molecule has 2 aromatic rings. The molecule has 0 aliphatic carbocycles. The van der Waals surface area contributed by atoms with Gasteiger partial charge in [-0.3, -0.25) is 9.78 Å². The summed E-state index contributed by atoms with van der Waals surface area (Å²) in [6.45, 7) is 0. The van der Waals surface area contributed by atoms with Gasteiger partial charge in [0.2, 0.25) is 0 Å². The van der Waals surface area contributed by atoms with Crippen LogP contribution in [0.5, 0.6) is 0 Å². The van der Waals surface area contributed by atoms with Crippen LogP contribution in [0.1, 0.15) is 15.9 Å². The fourth-order valence-corrected chi connectivity index (χ4v) is 1.53. The molecule has 0 spiro atoms. The van der Waals surface area contributed by atoms with E-state index in [2.05, 4.69) is 4.98 Å². The van der Waals surface area contributed by atoms with E-state index in [1.807, 2.05) is 6.07 Å². The second-order valence-corrected chi connectivity index (χ2v) is 3.42. The van der Waals surface area contributed by atoms with Crippen molar-refractivity contribution in [2.24, 2.45) is 0 Å². The van der Waals surface area contributed by atoms with Gasteiger partial charge in [-0.05, 0) is 29.8 Å². The summed E-state index contributed by atoms with van der Waals surface area (Å²) < 4.78 is 13.2. The normalized spacial score (nSPS) is 9.65. The Hall–Kier alpha value is -2.54. The van der Waals surface area contributed by atoms with E-state index in [1.165, 1.54) is 30.6 Å². The molecule has 1 aromatic heterocycles. The molecule has 0 saturated heterocycles. The number of nitriles is 1. The Labute approximate surface area is 97.2 Å². The van der Waals surface area contributed by atoms with E-state index in [0.29, 0.717) is 28.5 Å². The monoisotopic (exact) mass is 226 g/mol. The molecule has 0 fully saturated rings. The number of carbonyl (C=O) groups excluding carboxylic acids is 1. The van der Waals surface area contributed by atoms with Gasteiger partial charge in [0, 0.05) is 23.5 Å². The van der Waals surface area contributed by atoms with Gasteiger partial charge in [-0.2, -0.15) is 5.26 Å².